The fourth-order valence-electron chi connectivity index (χ4n) is 3.90. The predicted octanol–water partition coefficient (Wildman–Crippen LogP) is 4.08. The summed E-state index contributed by atoms with van der Waals surface area (Å²) < 4.78 is 18.7. The minimum Gasteiger partial charge on any atom is -0.497 e. The normalized spacial score (nSPS) is 13.6. The number of carbonyl (C=O) groups is 2. The highest BCUT2D eigenvalue weighted by molar-refractivity contribution is 6.45. The Labute approximate surface area is 191 Å². The van der Waals surface area contributed by atoms with Gasteiger partial charge in [0.05, 0.1) is 18.4 Å². The summed E-state index contributed by atoms with van der Waals surface area (Å²) in [6.45, 7) is 3.03. The number of pyridine rings is 1. The second kappa shape index (κ2) is 9.65. The summed E-state index contributed by atoms with van der Waals surface area (Å²) in [5.41, 5.74) is 2.70. The van der Waals surface area contributed by atoms with Gasteiger partial charge in [-0.15, -0.1) is 0 Å². The topological polar surface area (TPSA) is 62.7 Å². The first-order chi connectivity index (χ1) is 16.0. The third kappa shape index (κ3) is 4.48. The number of halogens is 1. The van der Waals surface area contributed by atoms with Crippen LogP contribution >= 0.6 is 0 Å². The van der Waals surface area contributed by atoms with Gasteiger partial charge in [0.25, 0.3) is 11.8 Å². The Kier molecular flexibility index (Phi) is 6.49. The van der Waals surface area contributed by atoms with E-state index in [1.165, 1.54) is 24.3 Å². The maximum absolute atomic E-state index is 13.6. The molecule has 1 aliphatic heterocycles. The number of benzene rings is 2. The second-order valence-corrected chi connectivity index (χ2v) is 7.56. The van der Waals surface area contributed by atoms with Crippen LogP contribution < -0.4 is 9.64 Å². The van der Waals surface area contributed by atoms with Crippen molar-refractivity contribution in [1.82, 2.24) is 9.88 Å². The molecule has 0 aliphatic carbocycles. The molecule has 0 fully saturated rings. The molecule has 0 saturated carbocycles. The summed E-state index contributed by atoms with van der Waals surface area (Å²) >= 11 is 0. The standard InChI is InChI=1S/C26H24FN3O3/c1-3-29(17-14-18-12-15-28-16-13-18)24-23(19-4-10-22(33-2)11-5-19)25(31)30(26(24)32)21-8-6-20(27)7-9-21/h4-13,15-16H,3,14,17H2,1-2H3. The van der Waals surface area contributed by atoms with Crippen LogP contribution in [-0.2, 0) is 16.0 Å². The Bertz CT molecular complexity index is 1180. The van der Waals surface area contributed by atoms with Crippen molar-refractivity contribution < 1.29 is 18.7 Å². The molecule has 3 aromatic rings. The van der Waals surface area contributed by atoms with Crippen LogP contribution in [0.4, 0.5) is 10.1 Å². The third-order valence-electron chi connectivity index (χ3n) is 5.64. The van der Waals surface area contributed by atoms with Crippen LogP contribution in [0.15, 0.2) is 78.8 Å². The number of imide groups is 1. The SMILES string of the molecule is CCN(CCc1ccncc1)C1=C(c2ccc(OC)cc2)C(=O)N(c2ccc(F)cc2)C1=O. The number of anilines is 1. The molecular formula is C26H24FN3O3. The molecule has 7 heteroatoms. The molecular weight excluding hydrogens is 421 g/mol. The van der Waals surface area contributed by atoms with Crippen molar-refractivity contribution in [3.63, 3.8) is 0 Å². The van der Waals surface area contributed by atoms with Crippen LogP contribution in [-0.4, -0.2) is 41.9 Å². The first-order valence-corrected chi connectivity index (χ1v) is 10.7. The largest absolute Gasteiger partial charge is 0.497 e. The van der Waals surface area contributed by atoms with Gasteiger partial charge in [-0.25, -0.2) is 9.29 Å². The lowest BCUT2D eigenvalue weighted by Gasteiger charge is -2.25. The van der Waals surface area contributed by atoms with Crippen molar-refractivity contribution in [3.05, 3.63) is 95.7 Å². The van der Waals surface area contributed by atoms with Gasteiger partial charge in [0.1, 0.15) is 17.3 Å². The van der Waals surface area contributed by atoms with Crippen molar-refractivity contribution in [3.8, 4) is 5.75 Å². The number of amides is 2. The number of carbonyl (C=O) groups excluding carboxylic acids is 2. The third-order valence-corrected chi connectivity index (χ3v) is 5.64. The van der Waals surface area contributed by atoms with E-state index in [1.54, 1.807) is 43.8 Å². The number of hydrogen-bond acceptors (Lipinski definition) is 5. The maximum atomic E-state index is 13.6. The molecule has 1 aromatic heterocycles. The minimum absolute atomic E-state index is 0.323. The number of nitrogens with zero attached hydrogens (tertiary/aromatic N) is 3. The van der Waals surface area contributed by atoms with Crippen LogP contribution in [0.1, 0.15) is 18.1 Å². The maximum Gasteiger partial charge on any atom is 0.282 e. The quantitative estimate of drug-likeness (QED) is 0.489. The molecule has 6 nitrogen and oxygen atoms in total. The van der Waals surface area contributed by atoms with E-state index < -0.39 is 17.6 Å². The molecule has 2 amide bonds. The summed E-state index contributed by atoms with van der Waals surface area (Å²) in [4.78, 5) is 34.2. The van der Waals surface area contributed by atoms with Crippen LogP contribution in [0, 0.1) is 5.82 Å². The van der Waals surface area contributed by atoms with Crippen molar-refractivity contribution >= 4 is 23.1 Å². The van der Waals surface area contributed by atoms with E-state index in [1.807, 2.05) is 24.0 Å². The summed E-state index contributed by atoms with van der Waals surface area (Å²) in [7, 11) is 1.57. The smallest absolute Gasteiger partial charge is 0.282 e. The van der Waals surface area contributed by atoms with E-state index in [2.05, 4.69) is 4.98 Å². The van der Waals surface area contributed by atoms with Crippen LogP contribution in [0.3, 0.4) is 0 Å². The zero-order valence-electron chi connectivity index (χ0n) is 18.5. The highest BCUT2D eigenvalue weighted by Crippen LogP contribution is 2.35. The van der Waals surface area contributed by atoms with E-state index in [0.717, 1.165) is 10.5 Å². The lowest BCUT2D eigenvalue weighted by Crippen LogP contribution is -2.36. The molecule has 0 saturated heterocycles. The summed E-state index contributed by atoms with van der Waals surface area (Å²) in [6.07, 6.45) is 4.15. The van der Waals surface area contributed by atoms with E-state index >= 15 is 0 Å². The van der Waals surface area contributed by atoms with Crippen LogP contribution in [0.2, 0.25) is 0 Å². The van der Waals surface area contributed by atoms with Crippen molar-refractivity contribution in [1.29, 1.82) is 0 Å². The van der Waals surface area contributed by atoms with Gasteiger partial charge >= 0.3 is 0 Å². The first-order valence-electron chi connectivity index (χ1n) is 10.7. The second-order valence-electron chi connectivity index (χ2n) is 7.56. The molecule has 2 aromatic carbocycles. The van der Waals surface area contributed by atoms with E-state index in [9.17, 15) is 14.0 Å². The summed E-state index contributed by atoms with van der Waals surface area (Å²) in [5.74, 6) is -0.643. The van der Waals surface area contributed by atoms with Gasteiger partial charge in [-0.05, 0) is 73.0 Å². The molecule has 0 atom stereocenters. The Morgan fingerprint density at radius 2 is 1.61 bits per heavy atom. The lowest BCUT2D eigenvalue weighted by molar-refractivity contribution is -0.120. The number of likely N-dealkylation sites (N-methyl/N-ethyl adjacent to an activating group) is 1. The van der Waals surface area contributed by atoms with Gasteiger partial charge in [-0.3, -0.25) is 14.6 Å². The molecule has 0 unspecified atom stereocenters. The Morgan fingerprint density at radius 3 is 2.21 bits per heavy atom. The first kappa shape index (κ1) is 22.2. The average molecular weight is 445 g/mol. The minimum atomic E-state index is -0.436. The predicted molar refractivity (Wildman–Crippen MR) is 124 cm³/mol. The average Bonchev–Trinajstić information content (AvgIpc) is 3.11. The molecule has 4 rings (SSSR count). The molecule has 1 aliphatic rings. The number of aromatic nitrogens is 1. The van der Waals surface area contributed by atoms with Gasteiger partial charge in [0.2, 0.25) is 0 Å². The van der Waals surface area contributed by atoms with Gasteiger partial charge < -0.3 is 9.64 Å². The lowest BCUT2D eigenvalue weighted by atomic mass is 10.0. The molecule has 168 valence electrons. The Balaban J connectivity index is 1.75. The van der Waals surface area contributed by atoms with E-state index in [0.29, 0.717) is 47.8 Å². The van der Waals surface area contributed by atoms with Crippen molar-refractivity contribution in [2.24, 2.45) is 0 Å². The molecule has 0 radical (unpaired) electrons. The van der Waals surface area contributed by atoms with Crippen LogP contribution in [0.5, 0.6) is 5.75 Å². The van der Waals surface area contributed by atoms with Crippen molar-refractivity contribution in [2.45, 2.75) is 13.3 Å². The zero-order valence-corrected chi connectivity index (χ0v) is 18.5. The summed E-state index contributed by atoms with van der Waals surface area (Å²) in [5, 5.41) is 0. The van der Waals surface area contributed by atoms with Gasteiger partial charge in [-0.2, -0.15) is 0 Å². The fourth-order valence-corrected chi connectivity index (χ4v) is 3.90. The van der Waals surface area contributed by atoms with E-state index in [-0.39, 0.29) is 0 Å². The molecule has 0 bridgehead atoms. The van der Waals surface area contributed by atoms with Crippen molar-refractivity contribution in [2.75, 3.05) is 25.1 Å². The molecule has 0 spiro atoms. The number of ether oxygens (including phenoxy) is 1. The monoisotopic (exact) mass is 445 g/mol. The molecule has 0 N–H and O–H groups in total. The van der Waals surface area contributed by atoms with Crippen LogP contribution in [0.25, 0.3) is 5.57 Å². The van der Waals surface area contributed by atoms with Gasteiger partial charge in [0.15, 0.2) is 0 Å². The molecule has 2 heterocycles. The molecule has 33 heavy (non-hydrogen) atoms. The van der Waals surface area contributed by atoms with Gasteiger partial charge in [-0.1, -0.05) is 12.1 Å². The fraction of sp³-hybridized carbons (Fsp3) is 0.192. The highest BCUT2D eigenvalue weighted by Gasteiger charge is 2.42. The van der Waals surface area contributed by atoms with Gasteiger partial charge in [0, 0.05) is 25.5 Å². The highest BCUT2D eigenvalue weighted by atomic mass is 19.1. The number of hydrogen-bond donors (Lipinski definition) is 0. The van der Waals surface area contributed by atoms with E-state index in [4.69, 9.17) is 4.74 Å². The zero-order chi connectivity index (χ0) is 23.4. The number of methoxy groups -OCH3 is 1. The Morgan fingerprint density at radius 1 is 0.939 bits per heavy atom. The number of rotatable bonds is 8. The Hall–Kier alpha value is -4.00. The summed E-state index contributed by atoms with van der Waals surface area (Å²) in [6, 6.07) is 16.3.